The van der Waals surface area contributed by atoms with E-state index in [0.29, 0.717) is 11.5 Å². The quantitative estimate of drug-likeness (QED) is 0.322. The molecular formula is C24H18Br2N2O4. The van der Waals surface area contributed by atoms with Crippen molar-refractivity contribution in [1.82, 2.24) is 10.9 Å². The van der Waals surface area contributed by atoms with E-state index in [1.54, 1.807) is 12.1 Å². The van der Waals surface area contributed by atoms with E-state index in [0.717, 1.165) is 30.5 Å². The molecule has 4 aromatic carbocycles. The third-order valence-corrected chi connectivity index (χ3v) is 5.98. The van der Waals surface area contributed by atoms with Gasteiger partial charge >= 0.3 is 0 Å². The van der Waals surface area contributed by atoms with Gasteiger partial charge in [-0.2, -0.15) is 0 Å². The Morgan fingerprint density at radius 2 is 1.41 bits per heavy atom. The van der Waals surface area contributed by atoms with Gasteiger partial charge in [-0.3, -0.25) is 20.4 Å². The lowest BCUT2D eigenvalue weighted by Gasteiger charge is -2.12. The molecule has 0 atom stereocenters. The maximum atomic E-state index is 12.0. The van der Waals surface area contributed by atoms with Crippen LogP contribution in [0.3, 0.4) is 0 Å². The van der Waals surface area contributed by atoms with E-state index >= 15 is 0 Å². The third-order valence-electron chi connectivity index (χ3n) is 4.67. The first-order valence-corrected chi connectivity index (χ1v) is 11.3. The summed E-state index contributed by atoms with van der Waals surface area (Å²) in [7, 11) is 0. The molecule has 8 heteroatoms. The van der Waals surface area contributed by atoms with Gasteiger partial charge in [0.1, 0.15) is 11.5 Å². The highest BCUT2D eigenvalue weighted by molar-refractivity contribution is 9.11. The fourth-order valence-corrected chi connectivity index (χ4v) is 4.10. The molecule has 0 aromatic heterocycles. The third kappa shape index (κ3) is 5.38. The summed E-state index contributed by atoms with van der Waals surface area (Å²) in [6.45, 7) is -0.488. The zero-order valence-corrected chi connectivity index (χ0v) is 19.9. The summed E-state index contributed by atoms with van der Waals surface area (Å²) in [5.41, 5.74) is 4.63. The lowest BCUT2D eigenvalue weighted by atomic mass is 10.1. The van der Waals surface area contributed by atoms with Crippen molar-refractivity contribution >= 4 is 65.2 Å². The predicted molar refractivity (Wildman–Crippen MR) is 131 cm³/mol. The lowest BCUT2D eigenvalue weighted by Crippen LogP contribution is -2.45. The fraction of sp³-hybridized carbons (Fsp3) is 0.0833. The number of amides is 2. The standard InChI is InChI=1S/C24H18Br2N2O4/c25-18-7-9-20-17(11-18)6-10-21(24(20)26)32-14-23(30)28-27-22(29)13-31-19-8-5-15-3-1-2-4-16(15)12-19/h1-12H,13-14H2,(H,27,29)(H,28,30). The van der Waals surface area contributed by atoms with Gasteiger partial charge in [0, 0.05) is 4.47 Å². The fourth-order valence-electron chi connectivity index (χ4n) is 3.12. The van der Waals surface area contributed by atoms with E-state index in [-0.39, 0.29) is 13.2 Å². The lowest BCUT2D eigenvalue weighted by molar-refractivity contribution is -0.131. The molecule has 0 bridgehead atoms. The van der Waals surface area contributed by atoms with E-state index in [9.17, 15) is 9.59 Å². The van der Waals surface area contributed by atoms with Gasteiger partial charge in [0.05, 0.1) is 4.47 Å². The van der Waals surface area contributed by atoms with Gasteiger partial charge in [-0.15, -0.1) is 0 Å². The topological polar surface area (TPSA) is 76.7 Å². The Kier molecular flexibility index (Phi) is 6.92. The Bertz CT molecular complexity index is 1310. The Hall–Kier alpha value is -3.10. The van der Waals surface area contributed by atoms with Crippen LogP contribution in [0.2, 0.25) is 0 Å². The van der Waals surface area contributed by atoms with E-state index in [1.807, 2.05) is 60.7 Å². The molecule has 0 aliphatic carbocycles. The van der Waals surface area contributed by atoms with Crippen molar-refractivity contribution < 1.29 is 19.1 Å². The first kappa shape index (κ1) is 22.1. The van der Waals surface area contributed by atoms with Crippen LogP contribution in [0, 0.1) is 0 Å². The molecule has 162 valence electrons. The molecule has 0 fully saturated rings. The zero-order valence-electron chi connectivity index (χ0n) is 16.7. The van der Waals surface area contributed by atoms with Crippen LogP contribution in [-0.2, 0) is 9.59 Å². The Balaban J connectivity index is 1.24. The normalized spacial score (nSPS) is 10.7. The number of carbonyl (C=O) groups excluding carboxylic acids is 2. The molecule has 0 aliphatic rings. The molecule has 0 heterocycles. The number of halogens is 2. The van der Waals surface area contributed by atoms with E-state index in [2.05, 4.69) is 42.7 Å². The Labute approximate surface area is 201 Å². The predicted octanol–water partition coefficient (Wildman–Crippen LogP) is 5.12. The number of hydrogen-bond acceptors (Lipinski definition) is 4. The number of nitrogens with one attached hydrogen (secondary N) is 2. The van der Waals surface area contributed by atoms with Gasteiger partial charge in [-0.05, 0) is 67.8 Å². The van der Waals surface area contributed by atoms with Crippen LogP contribution < -0.4 is 20.3 Å². The first-order valence-electron chi connectivity index (χ1n) is 9.69. The van der Waals surface area contributed by atoms with E-state index in [1.165, 1.54) is 0 Å². The van der Waals surface area contributed by atoms with Crippen molar-refractivity contribution in [1.29, 1.82) is 0 Å². The zero-order chi connectivity index (χ0) is 22.5. The molecule has 0 saturated heterocycles. The Morgan fingerprint density at radius 3 is 2.19 bits per heavy atom. The SMILES string of the molecule is O=C(COc1ccc2ccccc2c1)NNC(=O)COc1ccc2cc(Br)ccc2c1Br. The van der Waals surface area contributed by atoms with Gasteiger partial charge in [0.15, 0.2) is 13.2 Å². The van der Waals surface area contributed by atoms with Crippen molar-refractivity contribution in [2.24, 2.45) is 0 Å². The molecule has 2 N–H and O–H groups in total. The van der Waals surface area contributed by atoms with Gasteiger partial charge in [-0.1, -0.05) is 58.4 Å². The van der Waals surface area contributed by atoms with Gasteiger partial charge in [0.25, 0.3) is 11.8 Å². The molecule has 4 rings (SSSR count). The largest absolute Gasteiger partial charge is 0.484 e. The number of fused-ring (bicyclic) bond motifs is 2. The highest BCUT2D eigenvalue weighted by atomic mass is 79.9. The maximum absolute atomic E-state index is 12.0. The highest BCUT2D eigenvalue weighted by Gasteiger charge is 2.10. The number of hydrogen-bond donors (Lipinski definition) is 2. The van der Waals surface area contributed by atoms with Crippen LogP contribution in [0.15, 0.2) is 81.7 Å². The van der Waals surface area contributed by atoms with Crippen molar-refractivity contribution in [3.63, 3.8) is 0 Å². The van der Waals surface area contributed by atoms with Gasteiger partial charge in [-0.25, -0.2) is 0 Å². The van der Waals surface area contributed by atoms with Crippen LogP contribution >= 0.6 is 31.9 Å². The van der Waals surface area contributed by atoms with Crippen molar-refractivity contribution in [2.75, 3.05) is 13.2 Å². The number of benzene rings is 4. The molecule has 0 saturated carbocycles. The molecule has 0 unspecified atom stereocenters. The van der Waals surface area contributed by atoms with Crippen LogP contribution in [0.1, 0.15) is 0 Å². The molecule has 2 amide bonds. The van der Waals surface area contributed by atoms with Crippen LogP contribution in [0.5, 0.6) is 11.5 Å². The second-order valence-corrected chi connectivity index (χ2v) is 8.63. The van der Waals surface area contributed by atoms with Crippen LogP contribution in [-0.4, -0.2) is 25.0 Å². The highest BCUT2D eigenvalue weighted by Crippen LogP contribution is 2.34. The average molecular weight is 558 g/mol. The first-order chi connectivity index (χ1) is 15.5. The van der Waals surface area contributed by atoms with E-state index in [4.69, 9.17) is 9.47 Å². The second kappa shape index (κ2) is 10.0. The summed E-state index contributed by atoms with van der Waals surface area (Å²) in [6, 6.07) is 23.0. The maximum Gasteiger partial charge on any atom is 0.276 e. The summed E-state index contributed by atoms with van der Waals surface area (Å²) >= 11 is 6.96. The minimum Gasteiger partial charge on any atom is -0.484 e. The molecule has 0 spiro atoms. The number of carbonyl (C=O) groups is 2. The Morgan fingerprint density at radius 1 is 0.719 bits per heavy atom. The van der Waals surface area contributed by atoms with Crippen LogP contribution in [0.4, 0.5) is 0 Å². The summed E-state index contributed by atoms with van der Waals surface area (Å²) in [5.74, 6) is 0.124. The minimum absolute atomic E-state index is 0.231. The van der Waals surface area contributed by atoms with E-state index < -0.39 is 11.8 Å². The molecule has 6 nitrogen and oxygen atoms in total. The summed E-state index contributed by atoms with van der Waals surface area (Å²) < 4.78 is 12.8. The van der Waals surface area contributed by atoms with Gasteiger partial charge in [0.2, 0.25) is 0 Å². The van der Waals surface area contributed by atoms with Gasteiger partial charge < -0.3 is 9.47 Å². The van der Waals surface area contributed by atoms with Crippen molar-refractivity contribution in [3.8, 4) is 11.5 Å². The van der Waals surface area contributed by atoms with Crippen molar-refractivity contribution in [2.45, 2.75) is 0 Å². The molecule has 0 aliphatic heterocycles. The monoisotopic (exact) mass is 556 g/mol. The number of ether oxygens (including phenoxy) is 2. The second-order valence-electron chi connectivity index (χ2n) is 6.93. The average Bonchev–Trinajstić information content (AvgIpc) is 2.80. The van der Waals surface area contributed by atoms with Crippen molar-refractivity contribution in [3.05, 3.63) is 81.7 Å². The number of hydrazine groups is 1. The summed E-state index contributed by atoms with van der Waals surface area (Å²) in [4.78, 5) is 24.0. The smallest absolute Gasteiger partial charge is 0.276 e. The summed E-state index contributed by atoms with van der Waals surface area (Å²) in [5, 5.41) is 4.10. The number of rotatable bonds is 6. The van der Waals surface area contributed by atoms with Crippen LogP contribution in [0.25, 0.3) is 21.5 Å². The molecule has 0 radical (unpaired) electrons. The molecular weight excluding hydrogens is 540 g/mol. The summed E-state index contributed by atoms with van der Waals surface area (Å²) in [6.07, 6.45) is 0. The molecule has 4 aromatic rings. The minimum atomic E-state index is -0.494. The molecule has 32 heavy (non-hydrogen) atoms.